The van der Waals surface area contributed by atoms with Gasteiger partial charge in [0.25, 0.3) is 0 Å². The first-order chi connectivity index (χ1) is 9.13. The molecule has 0 aromatic heterocycles. The molecule has 0 saturated carbocycles. The van der Waals surface area contributed by atoms with Gasteiger partial charge in [0.2, 0.25) is 0 Å². The molecular formula is C16H22ClNO2. The summed E-state index contributed by atoms with van der Waals surface area (Å²) in [5.41, 5.74) is 6.90. The molecule has 110 valence electrons. The van der Waals surface area contributed by atoms with Gasteiger partial charge in [-0.2, -0.15) is 0 Å². The number of rotatable bonds is 4. The van der Waals surface area contributed by atoms with Crippen molar-refractivity contribution >= 4 is 17.4 Å². The first kappa shape index (κ1) is 15.3. The van der Waals surface area contributed by atoms with Crippen LogP contribution in [0.15, 0.2) is 12.1 Å². The third kappa shape index (κ3) is 2.70. The van der Waals surface area contributed by atoms with Crippen LogP contribution in [0.4, 0.5) is 0 Å². The minimum Gasteiger partial charge on any atom is -0.493 e. The molecule has 0 fully saturated rings. The van der Waals surface area contributed by atoms with Crippen molar-refractivity contribution in [3.8, 4) is 5.75 Å². The maximum Gasteiger partial charge on any atom is 0.144 e. The largest absolute Gasteiger partial charge is 0.493 e. The van der Waals surface area contributed by atoms with Crippen molar-refractivity contribution in [2.45, 2.75) is 46.1 Å². The second-order valence-corrected chi connectivity index (χ2v) is 7.03. The highest BCUT2D eigenvalue weighted by atomic mass is 35.5. The van der Waals surface area contributed by atoms with Gasteiger partial charge in [-0.25, -0.2) is 0 Å². The Morgan fingerprint density at radius 3 is 2.60 bits per heavy atom. The number of ketones is 1. The minimum atomic E-state index is -0.610. The summed E-state index contributed by atoms with van der Waals surface area (Å²) in [4.78, 5) is 12.6. The first-order valence-electron chi connectivity index (χ1n) is 6.89. The van der Waals surface area contributed by atoms with Crippen LogP contribution in [0, 0.1) is 5.41 Å². The van der Waals surface area contributed by atoms with Gasteiger partial charge in [0.1, 0.15) is 11.5 Å². The van der Waals surface area contributed by atoms with Crippen LogP contribution in [0.1, 0.15) is 38.8 Å². The average Bonchev–Trinajstić information content (AvgIpc) is 2.75. The summed E-state index contributed by atoms with van der Waals surface area (Å²) in [5.74, 6) is 0.929. The standard InChI is InChI=1S/C16H22ClNO2/c1-15(2,16(3,4)18)13(19)9-11-8-12(17)7-10-5-6-20-14(10)11/h7-8H,5-6,9,18H2,1-4H3. The summed E-state index contributed by atoms with van der Waals surface area (Å²) < 4.78 is 5.64. The van der Waals surface area contributed by atoms with E-state index in [2.05, 4.69) is 0 Å². The second-order valence-electron chi connectivity index (χ2n) is 6.60. The number of halogens is 1. The highest BCUT2D eigenvalue weighted by molar-refractivity contribution is 6.30. The molecule has 4 heteroatoms. The number of ether oxygens (including phenoxy) is 1. The van der Waals surface area contributed by atoms with E-state index in [4.69, 9.17) is 22.1 Å². The van der Waals surface area contributed by atoms with Crippen LogP contribution in [0.5, 0.6) is 5.75 Å². The molecule has 0 atom stereocenters. The zero-order valence-electron chi connectivity index (χ0n) is 12.5. The van der Waals surface area contributed by atoms with E-state index in [-0.39, 0.29) is 5.78 Å². The van der Waals surface area contributed by atoms with Gasteiger partial charge in [0.15, 0.2) is 0 Å². The van der Waals surface area contributed by atoms with Crippen molar-refractivity contribution in [3.63, 3.8) is 0 Å². The summed E-state index contributed by atoms with van der Waals surface area (Å²) in [6.45, 7) is 8.19. The average molecular weight is 296 g/mol. The van der Waals surface area contributed by atoms with E-state index in [0.29, 0.717) is 18.1 Å². The third-order valence-corrected chi connectivity index (χ3v) is 4.70. The zero-order valence-corrected chi connectivity index (χ0v) is 13.3. The molecule has 1 aromatic rings. The van der Waals surface area contributed by atoms with Gasteiger partial charge in [-0.05, 0) is 31.5 Å². The molecule has 0 aliphatic carbocycles. The first-order valence-corrected chi connectivity index (χ1v) is 7.27. The Morgan fingerprint density at radius 2 is 2.00 bits per heavy atom. The highest BCUT2D eigenvalue weighted by Crippen LogP contribution is 2.36. The Balaban J connectivity index is 2.30. The third-order valence-electron chi connectivity index (χ3n) is 4.48. The van der Waals surface area contributed by atoms with Crippen molar-refractivity contribution in [3.05, 3.63) is 28.3 Å². The molecule has 1 aliphatic heterocycles. The van der Waals surface area contributed by atoms with Crippen LogP contribution in [0.25, 0.3) is 0 Å². The van der Waals surface area contributed by atoms with Gasteiger partial charge in [0.05, 0.1) is 6.61 Å². The molecule has 0 bridgehead atoms. The van der Waals surface area contributed by atoms with Gasteiger partial charge in [-0.3, -0.25) is 4.79 Å². The van der Waals surface area contributed by atoms with Gasteiger partial charge in [-0.1, -0.05) is 25.4 Å². The van der Waals surface area contributed by atoms with E-state index in [1.54, 1.807) is 0 Å². The van der Waals surface area contributed by atoms with Gasteiger partial charge >= 0.3 is 0 Å². The number of nitrogens with two attached hydrogens (primary N) is 1. The molecule has 2 N–H and O–H groups in total. The molecule has 0 saturated heterocycles. The fraction of sp³-hybridized carbons (Fsp3) is 0.562. The van der Waals surface area contributed by atoms with Crippen LogP contribution in [-0.4, -0.2) is 17.9 Å². The topological polar surface area (TPSA) is 52.3 Å². The summed E-state index contributed by atoms with van der Waals surface area (Å²) in [7, 11) is 0. The van der Waals surface area contributed by atoms with Gasteiger partial charge in [-0.15, -0.1) is 0 Å². The lowest BCUT2D eigenvalue weighted by atomic mass is 9.70. The number of Topliss-reactive ketones (excluding diaryl/α,β-unsaturated/α-hetero) is 1. The van der Waals surface area contributed by atoms with E-state index >= 15 is 0 Å². The Labute approximate surface area is 125 Å². The molecular weight excluding hydrogens is 274 g/mol. The maximum absolute atomic E-state index is 12.6. The SMILES string of the molecule is CC(C)(N)C(C)(C)C(=O)Cc1cc(Cl)cc2c1OCC2. The summed E-state index contributed by atoms with van der Waals surface area (Å²) in [6, 6.07) is 3.74. The van der Waals surface area contributed by atoms with Crippen LogP contribution in [-0.2, 0) is 17.6 Å². The van der Waals surface area contributed by atoms with E-state index in [0.717, 1.165) is 23.3 Å². The second kappa shape index (κ2) is 5.05. The molecule has 2 rings (SSSR count). The minimum absolute atomic E-state index is 0.102. The predicted molar refractivity (Wildman–Crippen MR) is 81.4 cm³/mol. The molecule has 1 aliphatic rings. The lowest BCUT2D eigenvalue weighted by Gasteiger charge is -2.37. The van der Waals surface area contributed by atoms with E-state index in [9.17, 15) is 4.79 Å². The normalized spacial score (nSPS) is 14.9. The van der Waals surface area contributed by atoms with Crippen LogP contribution >= 0.6 is 11.6 Å². The van der Waals surface area contributed by atoms with Crippen LogP contribution in [0.3, 0.4) is 0 Å². The van der Waals surface area contributed by atoms with E-state index in [1.807, 2.05) is 39.8 Å². The lowest BCUT2D eigenvalue weighted by Crippen LogP contribution is -2.52. The lowest BCUT2D eigenvalue weighted by molar-refractivity contribution is -0.129. The summed E-state index contributed by atoms with van der Waals surface area (Å²) in [6.07, 6.45) is 1.15. The maximum atomic E-state index is 12.6. The van der Waals surface area contributed by atoms with Crippen molar-refractivity contribution in [1.82, 2.24) is 0 Å². The Hall–Kier alpha value is -1.06. The Kier molecular flexibility index (Phi) is 3.87. The van der Waals surface area contributed by atoms with E-state index in [1.165, 1.54) is 0 Å². The fourth-order valence-electron chi connectivity index (χ4n) is 2.23. The van der Waals surface area contributed by atoms with Gasteiger partial charge < -0.3 is 10.5 Å². The predicted octanol–water partition coefficient (Wildman–Crippen LogP) is 3.15. The Bertz CT molecular complexity index is 544. The number of hydrogen-bond donors (Lipinski definition) is 1. The van der Waals surface area contributed by atoms with Crippen molar-refractivity contribution in [2.75, 3.05) is 6.61 Å². The molecule has 0 amide bonds. The Morgan fingerprint density at radius 1 is 1.35 bits per heavy atom. The van der Waals surface area contributed by atoms with Crippen LogP contribution < -0.4 is 10.5 Å². The highest BCUT2D eigenvalue weighted by Gasteiger charge is 2.40. The number of hydrogen-bond acceptors (Lipinski definition) is 3. The van der Waals surface area contributed by atoms with E-state index < -0.39 is 11.0 Å². The molecule has 20 heavy (non-hydrogen) atoms. The number of carbonyl (C=O) groups excluding carboxylic acids is 1. The number of fused-ring (bicyclic) bond motifs is 1. The molecule has 0 radical (unpaired) electrons. The molecule has 1 heterocycles. The molecule has 3 nitrogen and oxygen atoms in total. The van der Waals surface area contributed by atoms with Crippen molar-refractivity contribution < 1.29 is 9.53 Å². The molecule has 0 unspecified atom stereocenters. The molecule has 0 spiro atoms. The molecule has 1 aromatic carbocycles. The van der Waals surface area contributed by atoms with Gasteiger partial charge in [0, 0.05) is 34.4 Å². The number of carbonyl (C=O) groups is 1. The summed E-state index contributed by atoms with van der Waals surface area (Å²) in [5, 5.41) is 0.655. The monoisotopic (exact) mass is 295 g/mol. The van der Waals surface area contributed by atoms with Crippen molar-refractivity contribution in [1.29, 1.82) is 0 Å². The summed E-state index contributed by atoms with van der Waals surface area (Å²) >= 11 is 6.12. The van der Waals surface area contributed by atoms with Crippen LogP contribution in [0.2, 0.25) is 5.02 Å². The number of benzene rings is 1. The fourth-order valence-corrected chi connectivity index (χ4v) is 2.49. The van der Waals surface area contributed by atoms with Crippen molar-refractivity contribution in [2.24, 2.45) is 11.1 Å². The smallest absolute Gasteiger partial charge is 0.144 e. The quantitative estimate of drug-likeness (QED) is 0.928. The zero-order chi connectivity index (χ0) is 15.1.